The zero-order chi connectivity index (χ0) is 15.2. The number of hydrogen-bond donors (Lipinski definition) is 2. The van der Waals surface area contributed by atoms with E-state index in [0.717, 1.165) is 23.6 Å². The Bertz CT molecular complexity index is 652. The fourth-order valence-corrected chi connectivity index (χ4v) is 2.27. The van der Waals surface area contributed by atoms with Gasteiger partial charge < -0.3 is 11.1 Å². The number of nitrogens with one attached hydrogen (secondary N) is 1. The van der Waals surface area contributed by atoms with E-state index in [1.807, 2.05) is 43.3 Å². The number of unbranched alkanes of at least 4 members (excludes halogenated alkanes) is 1. The van der Waals surface area contributed by atoms with Gasteiger partial charge in [0, 0.05) is 5.56 Å². The molecule has 4 heteroatoms. The maximum Gasteiger partial charge on any atom is 0.251 e. The molecule has 2 amide bonds. The predicted molar refractivity (Wildman–Crippen MR) is 83.9 cm³/mol. The van der Waals surface area contributed by atoms with Crippen molar-refractivity contribution < 1.29 is 9.59 Å². The maximum atomic E-state index is 12.2. The Kier molecular flexibility index (Phi) is 4.93. The van der Waals surface area contributed by atoms with E-state index in [9.17, 15) is 9.59 Å². The highest BCUT2D eigenvalue weighted by Crippen LogP contribution is 2.15. The van der Waals surface area contributed by atoms with Crippen LogP contribution in [-0.4, -0.2) is 17.9 Å². The third-order valence-corrected chi connectivity index (χ3v) is 3.51. The molecule has 0 bridgehead atoms. The van der Waals surface area contributed by atoms with Gasteiger partial charge in [0.1, 0.15) is 6.04 Å². The number of nitrogens with two attached hydrogens (primary N) is 1. The molecule has 0 saturated carbocycles. The van der Waals surface area contributed by atoms with Gasteiger partial charge in [-0.3, -0.25) is 9.59 Å². The van der Waals surface area contributed by atoms with Gasteiger partial charge in [0.05, 0.1) is 0 Å². The van der Waals surface area contributed by atoms with Crippen LogP contribution in [0.1, 0.15) is 36.5 Å². The Morgan fingerprint density at radius 3 is 2.52 bits per heavy atom. The van der Waals surface area contributed by atoms with Crippen molar-refractivity contribution in [2.45, 2.75) is 32.2 Å². The molecule has 0 aliphatic carbocycles. The molecule has 0 saturated heterocycles. The second-order valence-corrected chi connectivity index (χ2v) is 5.13. The zero-order valence-corrected chi connectivity index (χ0v) is 12.1. The SMILES string of the molecule is CCCC[C@H](NC(=O)c1ccc2ccccc2c1)C(N)=O. The Morgan fingerprint density at radius 2 is 1.86 bits per heavy atom. The molecule has 0 aliphatic rings. The first kappa shape index (κ1) is 15.0. The molecule has 0 heterocycles. The number of carbonyl (C=O) groups is 2. The standard InChI is InChI=1S/C17H20N2O2/c1-2-3-8-15(16(18)20)19-17(21)14-10-9-12-6-4-5-7-13(12)11-14/h4-7,9-11,15H,2-3,8H2,1H3,(H2,18,20)(H,19,21)/t15-/m0/s1. The summed E-state index contributed by atoms with van der Waals surface area (Å²) in [5, 5.41) is 4.79. The summed E-state index contributed by atoms with van der Waals surface area (Å²) >= 11 is 0. The van der Waals surface area contributed by atoms with Crippen molar-refractivity contribution in [3.8, 4) is 0 Å². The van der Waals surface area contributed by atoms with Crippen molar-refractivity contribution in [3.63, 3.8) is 0 Å². The van der Waals surface area contributed by atoms with Gasteiger partial charge in [-0.15, -0.1) is 0 Å². The fraction of sp³-hybridized carbons (Fsp3) is 0.294. The largest absolute Gasteiger partial charge is 0.368 e. The Balaban J connectivity index is 2.15. The van der Waals surface area contributed by atoms with E-state index in [2.05, 4.69) is 5.32 Å². The minimum Gasteiger partial charge on any atom is -0.368 e. The smallest absolute Gasteiger partial charge is 0.251 e. The van der Waals surface area contributed by atoms with Crippen molar-refractivity contribution in [2.24, 2.45) is 5.73 Å². The second-order valence-electron chi connectivity index (χ2n) is 5.13. The summed E-state index contributed by atoms with van der Waals surface area (Å²) in [7, 11) is 0. The van der Waals surface area contributed by atoms with Crippen LogP contribution in [0, 0.1) is 0 Å². The summed E-state index contributed by atoms with van der Waals surface area (Å²) in [5.41, 5.74) is 5.88. The van der Waals surface area contributed by atoms with Gasteiger partial charge >= 0.3 is 0 Å². The van der Waals surface area contributed by atoms with E-state index in [1.165, 1.54) is 0 Å². The molecular weight excluding hydrogens is 264 g/mol. The second kappa shape index (κ2) is 6.88. The minimum absolute atomic E-state index is 0.263. The van der Waals surface area contributed by atoms with E-state index in [-0.39, 0.29) is 5.91 Å². The Morgan fingerprint density at radius 1 is 1.14 bits per heavy atom. The van der Waals surface area contributed by atoms with Crippen LogP contribution in [-0.2, 0) is 4.79 Å². The molecule has 2 rings (SSSR count). The van der Waals surface area contributed by atoms with Crippen LogP contribution in [0.15, 0.2) is 42.5 Å². The lowest BCUT2D eigenvalue weighted by Crippen LogP contribution is -2.44. The molecule has 110 valence electrons. The van der Waals surface area contributed by atoms with E-state index < -0.39 is 11.9 Å². The van der Waals surface area contributed by atoms with E-state index in [1.54, 1.807) is 6.07 Å². The number of fused-ring (bicyclic) bond motifs is 1. The summed E-state index contributed by atoms with van der Waals surface area (Å²) in [6.07, 6.45) is 2.38. The summed E-state index contributed by atoms with van der Waals surface area (Å²) in [5.74, 6) is -0.752. The Labute approximate surface area is 124 Å². The molecule has 0 fully saturated rings. The summed E-state index contributed by atoms with van der Waals surface area (Å²) in [6.45, 7) is 2.03. The number of amides is 2. The van der Waals surface area contributed by atoms with E-state index >= 15 is 0 Å². The summed E-state index contributed by atoms with van der Waals surface area (Å²) < 4.78 is 0. The van der Waals surface area contributed by atoms with Crippen LogP contribution in [0.4, 0.5) is 0 Å². The van der Waals surface area contributed by atoms with Crippen molar-refractivity contribution in [3.05, 3.63) is 48.0 Å². The average Bonchev–Trinajstić information content (AvgIpc) is 2.50. The third-order valence-electron chi connectivity index (χ3n) is 3.51. The highest BCUT2D eigenvalue weighted by atomic mass is 16.2. The lowest BCUT2D eigenvalue weighted by atomic mass is 10.1. The topological polar surface area (TPSA) is 72.2 Å². The summed E-state index contributed by atoms with van der Waals surface area (Å²) in [4.78, 5) is 23.6. The van der Waals surface area contributed by atoms with Crippen molar-refractivity contribution in [2.75, 3.05) is 0 Å². The van der Waals surface area contributed by atoms with Crippen molar-refractivity contribution in [1.82, 2.24) is 5.32 Å². The molecule has 4 nitrogen and oxygen atoms in total. The quantitative estimate of drug-likeness (QED) is 0.856. The van der Waals surface area contributed by atoms with Crippen LogP contribution in [0.2, 0.25) is 0 Å². The van der Waals surface area contributed by atoms with Crippen LogP contribution in [0.3, 0.4) is 0 Å². The van der Waals surface area contributed by atoms with Crippen LogP contribution in [0.5, 0.6) is 0 Å². The van der Waals surface area contributed by atoms with Gasteiger partial charge in [-0.05, 0) is 29.3 Å². The molecule has 2 aromatic rings. The van der Waals surface area contributed by atoms with E-state index in [0.29, 0.717) is 12.0 Å². The van der Waals surface area contributed by atoms with Gasteiger partial charge in [0.2, 0.25) is 5.91 Å². The molecular formula is C17H20N2O2. The molecule has 0 aliphatic heterocycles. The average molecular weight is 284 g/mol. The van der Waals surface area contributed by atoms with Crippen LogP contribution < -0.4 is 11.1 Å². The van der Waals surface area contributed by atoms with Gasteiger partial charge in [-0.1, -0.05) is 50.1 Å². The molecule has 2 aromatic carbocycles. The van der Waals surface area contributed by atoms with E-state index in [4.69, 9.17) is 5.73 Å². The fourth-order valence-electron chi connectivity index (χ4n) is 2.27. The predicted octanol–water partition coefficient (Wildman–Crippen LogP) is 2.61. The molecule has 3 N–H and O–H groups in total. The number of carbonyl (C=O) groups excluding carboxylic acids is 2. The first-order valence-corrected chi connectivity index (χ1v) is 7.21. The molecule has 0 radical (unpaired) electrons. The normalized spacial score (nSPS) is 12.0. The molecule has 1 atom stereocenters. The molecule has 0 unspecified atom stereocenters. The lowest BCUT2D eigenvalue weighted by Gasteiger charge is -2.15. The number of primary amides is 1. The first-order chi connectivity index (χ1) is 10.1. The van der Waals surface area contributed by atoms with Gasteiger partial charge in [-0.2, -0.15) is 0 Å². The van der Waals surface area contributed by atoms with Crippen molar-refractivity contribution in [1.29, 1.82) is 0 Å². The molecule has 0 spiro atoms. The van der Waals surface area contributed by atoms with Gasteiger partial charge in [-0.25, -0.2) is 0 Å². The number of benzene rings is 2. The molecule has 0 aromatic heterocycles. The number of hydrogen-bond acceptors (Lipinski definition) is 2. The lowest BCUT2D eigenvalue weighted by molar-refractivity contribution is -0.120. The minimum atomic E-state index is -0.607. The number of rotatable bonds is 6. The first-order valence-electron chi connectivity index (χ1n) is 7.21. The third kappa shape index (κ3) is 3.81. The highest BCUT2D eigenvalue weighted by Gasteiger charge is 2.18. The zero-order valence-electron chi connectivity index (χ0n) is 12.1. The van der Waals surface area contributed by atoms with Crippen LogP contribution >= 0.6 is 0 Å². The Hall–Kier alpha value is -2.36. The van der Waals surface area contributed by atoms with Crippen molar-refractivity contribution >= 4 is 22.6 Å². The van der Waals surface area contributed by atoms with Gasteiger partial charge in [0.25, 0.3) is 5.91 Å². The molecule has 21 heavy (non-hydrogen) atoms. The maximum absolute atomic E-state index is 12.2. The monoisotopic (exact) mass is 284 g/mol. The summed E-state index contributed by atoms with van der Waals surface area (Å²) in [6, 6.07) is 12.7. The van der Waals surface area contributed by atoms with Gasteiger partial charge in [0.15, 0.2) is 0 Å². The highest BCUT2D eigenvalue weighted by molar-refractivity contribution is 6.00. The van der Waals surface area contributed by atoms with Crippen LogP contribution in [0.25, 0.3) is 10.8 Å².